The Morgan fingerprint density at radius 2 is 0.810 bits per heavy atom. The number of aliphatic hydroxyl groups is 4. The van der Waals surface area contributed by atoms with Gasteiger partial charge in [-0.15, -0.1) is 0 Å². The average molecular weight is 328 g/mol. The number of hydrogen-bond donors (Lipinski definition) is 4. The van der Waals surface area contributed by atoms with Crippen LogP contribution in [-0.4, -0.2) is 34.6 Å². The molecule has 0 spiro atoms. The Labute approximate surface area is 141 Å². The van der Waals surface area contributed by atoms with Gasteiger partial charge in [0.25, 0.3) is 0 Å². The molecule has 0 radical (unpaired) electrons. The fraction of sp³-hybridized carbons (Fsp3) is 0.250. The van der Waals surface area contributed by atoms with Crippen LogP contribution in [0.15, 0.2) is 60.7 Å². The van der Waals surface area contributed by atoms with Gasteiger partial charge in [0.2, 0.25) is 0 Å². The molecule has 0 unspecified atom stereocenters. The molecule has 0 heterocycles. The van der Waals surface area contributed by atoms with E-state index < -0.39 is 0 Å². The van der Waals surface area contributed by atoms with E-state index in [9.17, 15) is 0 Å². The van der Waals surface area contributed by atoms with Crippen molar-refractivity contribution in [2.45, 2.75) is 13.2 Å². The monoisotopic (exact) mass is 328 g/mol. The SMILES string of the molecule is CO.CO.OCc1ccccc1.OCc1ccccc1.[Ti]. The molecule has 0 aliphatic heterocycles. The van der Waals surface area contributed by atoms with Crippen molar-refractivity contribution in [1.29, 1.82) is 0 Å². The van der Waals surface area contributed by atoms with Crippen molar-refractivity contribution in [2.75, 3.05) is 14.2 Å². The van der Waals surface area contributed by atoms with Gasteiger partial charge in [-0.1, -0.05) is 60.7 Å². The van der Waals surface area contributed by atoms with Crippen molar-refractivity contribution >= 4 is 0 Å². The summed E-state index contributed by atoms with van der Waals surface area (Å²) in [5.41, 5.74) is 1.93. The van der Waals surface area contributed by atoms with E-state index in [4.69, 9.17) is 20.4 Å². The molecule has 0 amide bonds. The van der Waals surface area contributed by atoms with Crippen molar-refractivity contribution in [3.63, 3.8) is 0 Å². The van der Waals surface area contributed by atoms with Gasteiger partial charge in [0.1, 0.15) is 0 Å². The fourth-order valence-electron chi connectivity index (χ4n) is 1.17. The van der Waals surface area contributed by atoms with Gasteiger partial charge in [-0.3, -0.25) is 0 Å². The topological polar surface area (TPSA) is 80.9 Å². The zero-order valence-corrected chi connectivity index (χ0v) is 14.0. The van der Waals surface area contributed by atoms with Gasteiger partial charge in [-0.2, -0.15) is 0 Å². The van der Waals surface area contributed by atoms with Crippen molar-refractivity contribution in [2.24, 2.45) is 0 Å². The smallest absolute Gasteiger partial charge is 0.0681 e. The van der Waals surface area contributed by atoms with E-state index in [0.717, 1.165) is 25.3 Å². The second-order valence-corrected chi connectivity index (χ2v) is 3.29. The van der Waals surface area contributed by atoms with Crippen LogP contribution in [0.25, 0.3) is 0 Å². The maximum atomic E-state index is 8.54. The summed E-state index contributed by atoms with van der Waals surface area (Å²) in [6.07, 6.45) is 0. The van der Waals surface area contributed by atoms with Crippen LogP contribution in [0.4, 0.5) is 0 Å². The molecule has 0 bridgehead atoms. The molecule has 116 valence electrons. The summed E-state index contributed by atoms with van der Waals surface area (Å²) in [5, 5.41) is 31.1. The van der Waals surface area contributed by atoms with Gasteiger partial charge in [-0.05, 0) is 11.1 Å². The van der Waals surface area contributed by atoms with E-state index in [0.29, 0.717) is 0 Å². The molecule has 0 fully saturated rings. The minimum atomic E-state index is 0. The first-order chi connectivity index (χ1) is 9.86. The molecular formula is C16H24O4Ti. The molecule has 21 heavy (non-hydrogen) atoms. The van der Waals surface area contributed by atoms with Crippen LogP contribution in [0.5, 0.6) is 0 Å². The summed E-state index contributed by atoms with van der Waals surface area (Å²) in [7, 11) is 2.00. The Morgan fingerprint density at radius 3 is 0.952 bits per heavy atom. The van der Waals surface area contributed by atoms with E-state index in [1.807, 2.05) is 60.7 Å². The zero-order chi connectivity index (χ0) is 15.6. The first-order valence-electron chi connectivity index (χ1n) is 6.06. The summed E-state index contributed by atoms with van der Waals surface area (Å²) >= 11 is 0. The summed E-state index contributed by atoms with van der Waals surface area (Å²) in [5.74, 6) is 0. The van der Waals surface area contributed by atoms with E-state index in [2.05, 4.69) is 0 Å². The molecule has 2 rings (SSSR count). The number of benzene rings is 2. The molecule has 0 atom stereocenters. The van der Waals surface area contributed by atoms with Gasteiger partial charge in [0, 0.05) is 35.9 Å². The number of aliphatic hydroxyl groups excluding tert-OH is 4. The molecule has 0 aliphatic rings. The Hall–Kier alpha value is -1.01. The van der Waals surface area contributed by atoms with E-state index in [1.165, 1.54) is 0 Å². The van der Waals surface area contributed by atoms with Gasteiger partial charge in [0.15, 0.2) is 0 Å². The minimum absolute atomic E-state index is 0. The third-order valence-electron chi connectivity index (χ3n) is 2.05. The van der Waals surface area contributed by atoms with Crippen LogP contribution in [-0.2, 0) is 34.9 Å². The maximum Gasteiger partial charge on any atom is 0.0681 e. The minimum Gasteiger partial charge on any atom is -0.400 e. The first kappa shape index (κ1) is 25.0. The zero-order valence-electron chi connectivity index (χ0n) is 12.5. The number of hydrogen-bond acceptors (Lipinski definition) is 4. The van der Waals surface area contributed by atoms with Crippen LogP contribution in [0.3, 0.4) is 0 Å². The van der Waals surface area contributed by atoms with Crippen LogP contribution < -0.4 is 0 Å². The average Bonchev–Trinajstić information content (AvgIpc) is 2.60. The van der Waals surface area contributed by atoms with E-state index in [1.54, 1.807) is 0 Å². The van der Waals surface area contributed by atoms with Gasteiger partial charge < -0.3 is 20.4 Å². The standard InChI is InChI=1S/2C7H8O.2CH4O.Ti/c2*8-6-7-4-2-1-3-5-7;2*1-2;/h2*1-5,8H,6H2;2*2H,1H3;. The predicted molar refractivity (Wildman–Crippen MR) is 81.0 cm³/mol. The Balaban J connectivity index is -0.000000240. The van der Waals surface area contributed by atoms with Crippen molar-refractivity contribution in [1.82, 2.24) is 0 Å². The molecule has 2 aromatic carbocycles. The molecule has 2 aromatic rings. The molecule has 4 nitrogen and oxygen atoms in total. The van der Waals surface area contributed by atoms with Crippen LogP contribution >= 0.6 is 0 Å². The molecule has 0 aliphatic carbocycles. The van der Waals surface area contributed by atoms with E-state index >= 15 is 0 Å². The first-order valence-corrected chi connectivity index (χ1v) is 6.06. The van der Waals surface area contributed by atoms with Crippen LogP contribution in [0.2, 0.25) is 0 Å². The van der Waals surface area contributed by atoms with Crippen molar-refractivity contribution in [3.8, 4) is 0 Å². The van der Waals surface area contributed by atoms with Gasteiger partial charge in [0.05, 0.1) is 13.2 Å². The molecule has 0 aromatic heterocycles. The molecule has 4 N–H and O–H groups in total. The van der Waals surface area contributed by atoms with Crippen LogP contribution in [0.1, 0.15) is 11.1 Å². The predicted octanol–water partition coefficient (Wildman–Crippen LogP) is 1.57. The number of rotatable bonds is 2. The fourth-order valence-corrected chi connectivity index (χ4v) is 1.17. The van der Waals surface area contributed by atoms with Gasteiger partial charge >= 0.3 is 0 Å². The Morgan fingerprint density at radius 1 is 0.571 bits per heavy atom. The largest absolute Gasteiger partial charge is 0.400 e. The normalized spacial score (nSPS) is 7.52. The summed E-state index contributed by atoms with van der Waals surface area (Å²) < 4.78 is 0. The molecule has 5 heteroatoms. The van der Waals surface area contributed by atoms with E-state index in [-0.39, 0.29) is 34.9 Å². The quantitative estimate of drug-likeness (QED) is 0.631. The molecule has 0 saturated carbocycles. The second kappa shape index (κ2) is 21.3. The van der Waals surface area contributed by atoms with Crippen molar-refractivity contribution < 1.29 is 42.1 Å². The maximum absolute atomic E-state index is 8.54. The third-order valence-corrected chi connectivity index (χ3v) is 2.05. The third kappa shape index (κ3) is 15.2. The molecular weight excluding hydrogens is 304 g/mol. The summed E-state index contributed by atoms with van der Waals surface area (Å²) in [6.45, 7) is 0.279. The van der Waals surface area contributed by atoms with Gasteiger partial charge in [-0.25, -0.2) is 0 Å². The molecule has 0 saturated heterocycles. The second-order valence-electron chi connectivity index (χ2n) is 3.29. The Bertz CT molecular complexity index is 343. The Kier molecular flexibility index (Phi) is 25.3. The summed E-state index contributed by atoms with van der Waals surface area (Å²) in [4.78, 5) is 0. The summed E-state index contributed by atoms with van der Waals surface area (Å²) in [6, 6.07) is 19.0. The van der Waals surface area contributed by atoms with Crippen molar-refractivity contribution in [3.05, 3.63) is 71.8 Å². The van der Waals surface area contributed by atoms with Crippen LogP contribution in [0, 0.1) is 0 Å².